The third-order valence-corrected chi connectivity index (χ3v) is 5.23. The second kappa shape index (κ2) is 5.99. The Morgan fingerprint density at radius 1 is 1.39 bits per heavy atom. The lowest BCUT2D eigenvalue weighted by molar-refractivity contribution is 0.103. The minimum atomic E-state index is -0.0674. The van der Waals surface area contributed by atoms with Crippen LogP contribution >= 0.6 is 43.2 Å². The molecule has 94 valence electrons. The topological polar surface area (TPSA) is 29.1 Å². The molecule has 18 heavy (non-hydrogen) atoms. The van der Waals surface area contributed by atoms with Gasteiger partial charge in [-0.25, -0.2) is 0 Å². The molecule has 2 aromatic rings. The molecule has 2 rings (SSSR count). The fourth-order valence-electron chi connectivity index (χ4n) is 1.51. The second-order valence-corrected chi connectivity index (χ2v) is 6.74. The summed E-state index contributed by atoms with van der Waals surface area (Å²) < 4.78 is 1.00. The van der Waals surface area contributed by atoms with Crippen LogP contribution in [0.5, 0.6) is 0 Å². The molecule has 0 aliphatic carbocycles. The monoisotopic (exact) mass is 387 g/mol. The molecule has 0 bridgehead atoms. The quantitative estimate of drug-likeness (QED) is 0.739. The third-order valence-electron chi connectivity index (χ3n) is 2.49. The SMILES string of the molecule is Cc1cc(C(=O)Nc2ccccc2CBr)sc1Br. The molecule has 5 heteroatoms. The number of aryl methyl sites for hydroxylation is 1. The van der Waals surface area contributed by atoms with Gasteiger partial charge in [-0.05, 0) is 46.1 Å². The highest BCUT2D eigenvalue weighted by Gasteiger charge is 2.12. The molecule has 1 heterocycles. The van der Waals surface area contributed by atoms with Crippen LogP contribution in [0.25, 0.3) is 0 Å². The van der Waals surface area contributed by atoms with E-state index in [2.05, 4.69) is 37.2 Å². The minimum Gasteiger partial charge on any atom is -0.321 e. The molecule has 0 atom stereocenters. The largest absolute Gasteiger partial charge is 0.321 e. The average molecular weight is 389 g/mol. The molecule has 1 aromatic carbocycles. The number of halogens is 2. The van der Waals surface area contributed by atoms with E-state index in [4.69, 9.17) is 0 Å². The zero-order valence-electron chi connectivity index (χ0n) is 9.67. The van der Waals surface area contributed by atoms with Crippen molar-refractivity contribution in [1.82, 2.24) is 0 Å². The molecule has 0 saturated carbocycles. The Morgan fingerprint density at radius 3 is 2.72 bits per heavy atom. The van der Waals surface area contributed by atoms with Crippen molar-refractivity contribution in [3.8, 4) is 0 Å². The molecule has 0 saturated heterocycles. The Hall–Kier alpha value is -0.650. The van der Waals surface area contributed by atoms with Crippen LogP contribution in [0.15, 0.2) is 34.1 Å². The second-order valence-electron chi connectivity index (χ2n) is 3.81. The summed E-state index contributed by atoms with van der Waals surface area (Å²) in [7, 11) is 0. The fourth-order valence-corrected chi connectivity index (χ4v) is 3.43. The van der Waals surface area contributed by atoms with Gasteiger partial charge < -0.3 is 5.32 Å². The highest BCUT2D eigenvalue weighted by Crippen LogP contribution is 2.28. The summed E-state index contributed by atoms with van der Waals surface area (Å²) in [6.07, 6.45) is 0. The van der Waals surface area contributed by atoms with Crippen molar-refractivity contribution in [3.05, 3.63) is 50.1 Å². The van der Waals surface area contributed by atoms with Crippen LogP contribution in [-0.2, 0) is 5.33 Å². The van der Waals surface area contributed by atoms with E-state index in [0.717, 1.165) is 25.9 Å². The molecule has 0 radical (unpaired) electrons. The molecular weight excluding hydrogens is 378 g/mol. The predicted molar refractivity (Wildman–Crippen MR) is 83.8 cm³/mol. The number of carbonyl (C=O) groups excluding carboxylic acids is 1. The van der Waals surface area contributed by atoms with E-state index >= 15 is 0 Å². The molecule has 0 unspecified atom stereocenters. The van der Waals surface area contributed by atoms with Crippen molar-refractivity contribution in [1.29, 1.82) is 0 Å². The van der Waals surface area contributed by atoms with Gasteiger partial charge in [0, 0.05) is 11.0 Å². The molecule has 0 spiro atoms. The lowest BCUT2D eigenvalue weighted by Gasteiger charge is -2.07. The van der Waals surface area contributed by atoms with Crippen LogP contribution in [0.2, 0.25) is 0 Å². The van der Waals surface area contributed by atoms with Crippen LogP contribution in [0.4, 0.5) is 5.69 Å². The van der Waals surface area contributed by atoms with Gasteiger partial charge in [0.05, 0.1) is 8.66 Å². The average Bonchev–Trinajstić information content (AvgIpc) is 2.70. The van der Waals surface area contributed by atoms with E-state index in [-0.39, 0.29) is 5.91 Å². The van der Waals surface area contributed by atoms with Gasteiger partial charge in [0.25, 0.3) is 5.91 Å². The molecule has 0 aliphatic heterocycles. The van der Waals surface area contributed by atoms with Crippen molar-refractivity contribution in [3.63, 3.8) is 0 Å². The van der Waals surface area contributed by atoms with Gasteiger partial charge in [0.1, 0.15) is 0 Å². The van der Waals surface area contributed by atoms with Crippen molar-refractivity contribution in [2.75, 3.05) is 5.32 Å². The Balaban J connectivity index is 2.21. The zero-order valence-corrected chi connectivity index (χ0v) is 13.7. The number of para-hydroxylation sites is 1. The highest BCUT2D eigenvalue weighted by atomic mass is 79.9. The van der Waals surface area contributed by atoms with E-state index in [1.807, 2.05) is 37.3 Å². The molecule has 1 amide bonds. The lowest BCUT2D eigenvalue weighted by atomic mass is 10.2. The zero-order chi connectivity index (χ0) is 13.1. The first-order chi connectivity index (χ1) is 8.61. The van der Waals surface area contributed by atoms with Gasteiger partial charge in [-0.3, -0.25) is 4.79 Å². The first-order valence-electron chi connectivity index (χ1n) is 5.33. The predicted octanol–water partition coefficient (Wildman–Crippen LogP) is 4.97. The summed E-state index contributed by atoms with van der Waals surface area (Å²) in [4.78, 5) is 12.8. The third kappa shape index (κ3) is 3.02. The molecule has 1 aromatic heterocycles. The number of amides is 1. The normalized spacial score (nSPS) is 10.4. The van der Waals surface area contributed by atoms with Crippen molar-refractivity contribution in [2.45, 2.75) is 12.3 Å². The Labute approximate surface area is 127 Å². The lowest BCUT2D eigenvalue weighted by Crippen LogP contribution is -2.11. The number of nitrogens with one attached hydrogen (secondary N) is 1. The van der Waals surface area contributed by atoms with E-state index in [9.17, 15) is 4.79 Å². The van der Waals surface area contributed by atoms with Crippen LogP contribution in [-0.4, -0.2) is 5.91 Å². The molecular formula is C13H11Br2NOS. The summed E-state index contributed by atoms with van der Waals surface area (Å²) in [6.45, 7) is 1.98. The Bertz CT molecular complexity index is 561. The van der Waals surface area contributed by atoms with Gasteiger partial charge >= 0.3 is 0 Å². The number of hydrogen-bond donors (Lipinski definition) is 1. The maximum Gasteiger partial charge on any atom is 0.265 e. The van der Waals surface area contributed by atoms with E-state index in [1.165, 1.54) is 11.3 Å². The van der Waals surface area contributed by atoms with Crippen molar-refractivity contribution >= 4 is 54.8 Å². The van der Waals surface area contributed by atoms with Gasteiger partial charge in [-0.1, -0.05) is 34.1 Å². The van der Waals surface area contributed by atoms with Gasteiger partial charge in [0.2, 0.25) is 0 Å². The highest BCUT2D eigenvalue weighted by molar-refractivity contribution is 9.11. The first-order valence-corrected chi connectivity index (χ1v) is 8.06. The maximum absolute atomic E-state index is 12.1. The Morgan fingerprint density at radius 2 is 2.11 bits per heavy atom. The van der Waals surface area contributed by atoms with Crippen molar-refractivity contribution in [2.24, 2.45) is 0 Å². The Kier molecular flexibility index (Phi) is 4.59. The van der Waals surface area contributed by atoms with Crippen LogP contribution in [0, 0.1) is 6.92 Å². The fraction of sp³-hybridized carbons (Fsp3) is 0.154. The summed E-state index contributed by atoms with van der Waals surface area (Å²) in [5.74, 6) is -0.0674. The van der Waals surface area contributed by atoms with Crippen molar-refractivity contribution < 1.29 is 4.79 Å². The number of alkyl halides is 1. The summed E-state index contributed by atoms with van der Waals surface area (Å²) in [5.41, 5.74) is 3.00. The van der Waals surface area contributed by atoms with E-state index in [0.29, 0.717) is 4.88 Å². The first kappa shape index (κ1) is 13.8. The summed E-state index contributed by atoms with van der Waals surface area (Å²) in [5, 5.41) is 3.66. The van der Waals surface area contributed by atoms with Crippen LogP contribution in [0.3, 0.4) is 0 Å². The standard InChI is InChI=1S/C13H11Br2NOS/c1-8-6-11(18-12(8)15)13(17)16-10-5-3-2-4-9(10)7-14/h2-6H,7H2,1H3,(H,16,17). The number of rotatable bonds is 3. The number of hydrogen-bond acceptors (Lipinski definition) is 2. The van der Waals surface area contributed by atoms with Gasteiger partial charge in [-0.2, -0.15) is 0 Å². The number of anilines is 1. The number of carbonyl (C=O) groups is 1. The minimum absolute atomic E-state index is 0.0674. The van der Waals surface area contributed by atoms with E-state index in [1.54, 1.807) is 0 Å². The summed E-state index contributed by atoms with van der Waals surface area (Å²) >= 11 is 8.29. The number of thiophene rings is 1. The maximum atomic E-state index is 12.1. The molecule has 0 fully saturated rings. The van der Waals surface area contributed by atoms with Crippen LogP contribution in [0.1, 0.15) is 20.8 Å². The summed E-state index contributed by atoms with van der Waals surface area (Å²) in [6, 6.07) is 9.65. The smallest absolute Gasteiger partial charge is 0.265 e. The molecule has 1 N–H and O–H groups in total. The van der Waals surface area contributed by atoms with Gasteiger partial charge in [-0.15, -0.1) is 11.3 Å². The molecule has 0 aliphatic rings. The van der Waals surface area contributed by atoms with E-state index < -0.39 is 0 Å². The van der Waals surface area contributed by atoms with Crippen LogP contribution < -0.4 is 5.32 Å². The molecule has 2 nitrogen and oxygen atoms in total. The number of benzene rings is 1. The van der Waals surface area contributed by atoms with Gasteiger partial charge in [0.15, 0.2) is 0 Å².